The summed E-state index contributed by atoms with van der Waals surface area (Å²) in [6.07, 6.45) is 4.19. The number of hydrogen-bond acceptors (Lipinski definition) is 11. The van der Waals surface area contributed by atoms with Crippen molar-refractivity contribution in [2.24, 2.45) is 23.7 Å². The lowest BCUT2D eigenvalue weighted by Gasteiger charge is -2.35. The summed E-state index contributed by atoms with van der Waals surface area (Å²) in [6, 6.07) is 2.93. The van der Waals surface area contributed by atoms with E-state index in [0.29, 0.717) is 54.6 Å². The SMILES string of the molecule is CC[C@@H]1[C@@H]2CN(C(=O)[C@H](C3CCCCC3)NC(=O)O[C@@H]3CC3CCCCCc3nc4ccc(OC)cc4nc3O2)[C@@H]1C(=O)N[C@]1(C(=O)NS(=O)(=O)C2(C)CC2)C[C@H]1C(F)F. The monoisotopic (exact) mass is 858 g/mol. The van der Waals surface area contributed by atoms with E-state index in [2.05, 4.69) is 10.6 Å². The lowest BCUT2D eigenvalue weighted by Crippen LogP contribution is -2.60. The molecule has 4 saturated carbocycles. The third kappa shape index (κ3) is 8.33. The van der Waals surface area contributed by atoms with Gasteiger partial charge in [-0.05, 0) is 95.1 Å². The smallest absolute Gasteiger partial charge is 0.408 e. The van der Waals surface area contributed by atoms with Gasteiger partial charge in [-0.15, -0.1) is 0 Å². The lowest BCUT2D eigenvalue weighted by molar-refractivity contribution is -0.143. The van der Waals surface area contributed by atoms with E-state index in [9.17, 15) is 31.6 Å². The topological polar surface area (TPSA) is 195 Å². The Kier molecular flexibility index (Phi) is 11.6. The second kappa shape index (κ2) is 16.5. The van der Waals surface area contributed by atoms with E-state index in [1.165, 1.54) is 11.8 Å². The van der Waals surface area contributed by atoms with Gasteiger partial charge < -0.3 is 29.7 Å². The summed E-state index contributed by atoms with van der Waals surface area (Å²) in [4.78, 5) is 68.3. The molecule has 5 fully saturated rings. The fourth-order valence-electron chi connectivity index (χ4n) is 9.63. The molecule has 4 amide bonds. The molecule has 8 rings (SSSR count). The predicted molar refractivity (Wildman–Crippen MR) is 214 cm³/mol. The molecule has 2 bridgehead atoms. The van der Waals surface area contributed by atoms with Crippen LogP contribution in [-0.2, 0) is 35.6 Å². The number of nitrogens with zero attached hydrogens (tertiary/aromatic N) is 3. The average molecular weight is 859 g/mol. The number of carbonyl (C=O) groups is 4. The Balaban J connectivity index is 1.17. The second-order valence-corrected chi connectivity index (χ2v) is 20.2. The number of nitrogens with one attached hydrogen (secondary N) is 3. The van der Waals surface area contributed by atoms with Crippen LogP contribution in [0.1, 0.15) is 109 Å². The number of alkyl halides is 2. The molecule has 1 saturated heterocycles. The number of methoxy groups -OCH3 is 1. The Morgan fingerprint density at radius 2 is 1.72 bits per heavy atom. The fraction of sp³-hybridized carbons (Fsp3) is 0.714. The first-order valence-electron chi connectivity index (χ1n) is 21.6. The third-order valence-electron chi connectivity index (χ3n) is 14.0. The quantitative estimate of drug-likeness (QED) is 0.309. The molecular weight excluding hydrogens is 803 g/mol. The zero-order valence-corrected chi connectivity index (χ0v) is 35.2. The number of hydrogen-bond donors (Lipinski definition) is 3. The Morgan fingerprint density at radius 1 is 1.00 bits per heavy atom. The molecule has 328 valence electrons. The summed E-state index contributed by atoms with van der Waals surface area (Å²) in [5, 5.41) is 5.43. The van der Waals surface area contributed by atoms with Crippen molar-refractivity contribution in [1.82, 2.24) is 30.2 Å². The maximum Gasteiger partial charge on any atom is 0.408 e. The number of fused-ring (bicyclic) bond motifs is 5. The minimum Gasteiger partial charge on any atom is -0.497 e. The molecule has 60 heavy (non-hydrogen) atoms. The first kappa shape index (κ1) is 42.3. The Bertz CT molecular complexity index is 2120. The van der Waals surface area contributed by atoms with Crippen LogP contribution in [0.5, 0.6) is 11.6 Å². The minimum atomic E-state index is -4.24. The average Bonchev–Trinajstić information content (AvgIpc) is 4.18. The minimum absolute atomic E-state index is 0.137. The molecule has 2 aliphatic heterocycles. The maximum atomic E-state index is 15.1. The van der Waals surface area contributed by atoms with Gasteiger partial charge in [0.1, 0.15) is 41.3 Å². The summed E-state index contributed by atoms with van der Waals surface area (Å²) in [6.45, 7) is 3.14. The number of halogens is 2. The van der Waals surface area contributed by atoms with Crippen molar-refractivity contribution in [3.8, 4) is 11.6 Å². The highest BCUT2D eigenvalue weighted by Crippen LogP contribution is 2.50. The maximum absolute atomic E-state index is 15.1. The summed E-state index contributed by atoms with van der Waals surface area (Å²) in [5.74, 6) is -4.37. The van der Waals surface area contributed by atoms with Crippen molar-refractivity contribution in [1.29, 1.82) is 0 Å². The van der Waals surface area contributed by atoms with Gasteiger partial charge in [-0.2, -0.15) is 0 Å². The van der Waals surface area contributed by atoms with E-state index < -0.39 is 87.0 Å². The number of amides is 4. The van der Waals surface area contributed by atoms with Crippen molar-refractivity contribution in [3.63, 3.8) is 0 Å². The van der Waals surface area contributed by atoms with Crippen LogP contribution in [0.2, 0.25) is 0 Å². The van der Waals surface area contributed by atoms with E-state index in [0.717, 1.165) is 51.4 Å². The molecule has 4 aliphatic carbocycles. The molecule has 0 radical (unpaired) electrons. The van der Waals surface area contributed by atoms with Gasteiger partial charge in [0.05, 0.1) is 35.4 Å². The van der Waals surface area contributed by atoms with Gasteiger partial charge in [-0.1, -0.05) is 39.0 Å². The van der Waals surface area contributed by atoms with Gasteiger partial charge in [0.2, 0.25) is 34.1 Å². The van der Waals surface area contributed by atoms with Crippen molar-refractivity contribution in [2.75, 3.05) is 13.7 Å². The number of rotatable bonds is 9. The highest BCUT2D eigenvalue weighted by atomic mass is 32.2. The molecule has 3 N–H and O–H groups in total. The van der Waals surface area contributed by atoms with Gasteiger partial charge in [-0.3, -0.25) is 19.1 Å². The first-order valence-corrected chi connectivity index (χ1v) is 23.1. The zero-order chi connectivity index (χ0) is 42.6. The lowest BCUT2D eigenvalue weighted by atomic mass is 9.83. The van der Waals surface area contributed by atoms with Gasteiger partial charge in [0, 0.05) is 12.0 Å². The number of benzene rings is 1. The number of aryl methyl sites for hydroxylation is 1. The molecule has 8 atom stereocenters. The summed E-state index contributed by atoms with van der Waals surface area (Å²) in [7, 11) is -2.69. The molecule has 6 aliphatic rings. The van der Waals surface area contributed by atoms with Crippen LogP contribution in [-0.4, -0.2) is 102 Å². The predicted octanol–water partition coefficient (Wildman–Crippen LogP) is 4.94. The van der Waals surface area contributed by atoms with Gasteiger partial charge in [0.15, 0.2) is 0 Å². The first-order chi connectivity index (χ1) is 28.7. The van der Waals surface area contributed by atoms with Crippen LogP contribution >= 0.6 is 0 Å². The summed E-state index contributed by atoms with van der Waals surface area (Å²) in [5.41, 5.74) is -0.480. The molecule has 2 aromatic rings. The summed E-state index contributed by atoms with van der Waals surface area (Å²) < 4.78 is 73.9. The van der Waals surface area contributed by atoms with Crippen LogP contribution < -0.4 is 24.8 Å². The Morgan fingerprint density at radius 3 is 2.38 bits per heavy atom. The molecule has 18 heteroatoms. The molecule has 3 heterocycles. The Hall–Kier alpha value is -4.35. The highest BCUT2D eigenvalue weighted by molar-refractivity contribution is 7.91. The largest absolute Gasteiger partial charge is 0.497 e. The molecule has 0 spiro atoms. The van der Waals surface area contributed by atoms with E-state index in [-0.39, 0.29) is 36.8 Å². The van der Waals surface area contributed by atoms with Gasteiger partial charge in [0.25, 0.3) is 5.91 Å². The van der Waals surface area contributed by atoms with E-state index in [1.54, 1.807) is 19.2 Å². The number of sulfonamides is 1. The fourth-order valence-corrected chi connectivity index (χ4v) is 10.9. The zero-order valence-electron chi connectivity index (χ0n) is 34.4. The van der Waals surface area contributed by atoms with Crippen LogP contribution in [0.25, 0.3) is 11.0 Å². The third-order valence-corrected chi connectivity index (χ3v) is 16.1. The van der Waals surface area contributed by atoms with Crippen LogP contribution in [0, 0.1) is 23.7 Å². The van der Waals surface area contributed by atoms with E-state index in [4.69, 9.17) is 24.2 Å². The highest BCUT2D eigenvalue weighted by Gasteiger charge is 2.68. The van der Waals surface area contributed by atoms with E-state index >= 15 is 4.79 Å². The van der Waals surface area contributed by atoms with Crippen molar-refractivity contribution in [2.45, 2.75) is 151 Å². The molecule has 1 aromatic carbocycles. The van der Waals surface area contributed by atoms with Crippen molar-refractivity contribution in [3.05, 3.63) is 23.9 Å². The summed E-state index contributed by atoms with van der Waals surface area (Å²) >= 11 is 0. The Labute approximate surface area is 348 Å². The van der Waals surface area contributed by atoms with Crippen LogP contribution in [0.15, 0.2) is 18.2 Å². The molecular formula is C42H56F2N6O9S. The number of aromatic nitrogens is 2. The molecule has 15 nitrogen and oxygen atoms in total. The van der Waals surface area contributed by atoms with Crippen LogP contribution in [0.3, 0.4) is 0 Å². The number of carbonyl (C=O) groups excluding carboxylic acids is 4. The van der Waals surface area contributed by atoms with Crippen molar-refractivity contribution < 1.29 is 50.6 Å². The number of alkyl carbamates (subject to hydrolysis) is 1. The van der Waals surface area contributed by atoms with Crippen molar-refractivity contribution >= 4 is 44.9 Å². The molecule has 1 aromatic heterocycles. The standard InChI is InChI=1S/C42H56F2N6O9S/c1-4-26-32-22-50(34(26)36(51)48-42(21-27(42)35(43)44)39(53)49-60(55,56)41(2)17-18-41)38(52)33(23-11-7-5-8-12-23)47-40(54)59-31-19-24(31)13-9-6-10-14-29-37(58-32)46-30-20-25(57-3)15-16-28(30)45-29/h15-16,20,23-24,26-27,31-35H,4-14,17-19,21-22H2,1-3H3,(H,47,54)(H,48,51)(H,49,53)/t24?,26-,27+,31-,32+,33+,34+,42-/m1/s1. The second-order valence-electron chi connectivity index (χ2n) is 18.0. The van der Waals surface area contributed by atoms with Gasteiger partial charge >= 0.3 is 6.09 Å². The molecule has 1 unspecified atom stereocenters. The van der Waals surface area contributed by atoms with Gasteiger partial charge in [-0.25, -0.2) is 32.0 Å². The van der Waals surface area contributed by atoms with Crippen LogP contribution in [0.4, 0.5) is 13.6 Å². The normalized spacial score (nSPS) is 32.0. The number of ether oxygens (including phenoxy) is 3. The van der Waals surface area contributed by atoms with E-state index in [1.807, 2.05) is 17.7 Å².